The summed E-state index contributed by atoms with van der Waals surface area (Å²) in [5.74, 6) is -0.366. The van der Waals surface area contributed by atoms with Crippen molar-refractivity contribution in [3.05, 3.63) is 64.4 Å². The topological polar surface area (TPSA) is 29.3 Å². The van der Waals surface area contributed by atoms with Gasteiger partial charge in [-0.15, -0.1) is 0 Å². The molecule has 0 heterocycles. The van der Waals surface area contributed by atoms with E-state index < -0.39 is 0 Å². The molecule has 0 spiro atoms. The van der Waals surface area contributed by atoms with Crippen LogP contribution >= 0.6 is 11.6 Å². The van der Waals surface area contributed by atoms with Crippen LogP contribution in [0.15, 0.2) is 42.5 Å². The normalized spacial score (nSPS) is 11.0. The highest BCUT2D eigenvalue weighted by atomic mass is 35.5. The molecule has 2 rings (SSSR count). The van der Waals surface area contributed by atoms with Gasteiger partial charge in [-0.3, -0.25) is 4.90 Å². The Hall–Kier alpha value is -1.58. The minimum Gasteiger partial charge on any atom is -0.399 e. The molecule has 0 fully saturated rings. The van der Waals surface area contributed by atoms with Crippen molar-refractivity contribution in [3.8, 4) is 0 Å². The predicted octanol–water partition coefficient (Wildman–Crippen LogP) is 4.47. The van der Waals surface area contributed by atoms with Gasteiger partial charge in [-0.25, -0.2) is 4.39 Å². The molecule has 2 aromatic rings. The van der Waals surface area contributed by atoms with E-state index in [0.29, 0.717) is 6.54 Å². The van der Waals surface area contributed by atoms with Gasteiger partial charge in [0.1, 0.15) is 5.82 Å². The zero-order valence-corrected chi connectivity index (χ0v) is 12.9. The van der Waals surface area contributed by atoms with Crippen molar-refractivity contribution in [2.45, 2.75) is 26.4 Å². The molecule has 0 aromatic heterocycles. The minimum atomic E-state index is -0.366. The first-order valence-electron chi connectivity index (χ1n) is 7.09. The van der Waals surface area contributed by atoms with Crippen LogP contribution in [-0.2, 0) is 13.1 Å². The molecular weight excluding hydrogens is 287 g/mol. The number of anilines is 1. The molecule has 0 saturated carbocycles. The summed E-state index contributed by atoms with van der Waals surface area (Å²) >= 11 is 6.04. The van der Waals surface area contributed by atoms with Crippen molar-refractivity contribution in [3.63, 3.8) is 0 Å². The number of rotatable bonds is 6. The predicted molar refractivity (Wildman–Crippen MR) is 86.7 cm³/mol. The van der Waals surface area contributed by atoms with Gasteiger partial charge in [-0.05, 0) is 42.3 Å². The lowest BCUT2D eigenvalue weighted by Gasteiger charge is -2.22. The van der Waals surface area contributed by atoms with E-state index >= 15 is 0 Å². The zero-order valence-electron chi connectivity index (χ0n) is 12.2. The van der Waals surface area contributed by atoms with Crippen molar-refractivity contribution in [2.24, 2.45) is 0 Å². The molecule has 0 aliphatic carbocycles. The largest absolute Gasteiger partial charge is 0.399 e. The molecule has 0 unspecified atom stereocenters. The summed E-state index contributed by atoms with van der Waals surface area (Å²) in [7, 11) is 0. The molecular formula is C17H20ClFN2. The summed E-state index contributed by atoms with van der Waals surface area (Å²) < 4.78 is 13.5. The molecule has 2 N–H and O–H groups in total. The highest BCUT2D eigenvalue weighted by Crippen LogP contribution is 2.22. The van der Waals surface area contributed by atoms with E-state index in [4.69, 9.17) is 17.3 Å². The smallest absolute Gasteiger partial charge is 0.142 e. The van der Waals surface area contributed by atoms with Crippen LogP contribution in [0.5, 0.6) is 0 Å². The highest BCUT2D eigenvalue weighted by molar-refractivity contribution is 6.31. The molecule has 0 amide bonds. The van der Waals surface area contributed by atoms with Gasteiger partial charge in [0.15, 0.2) is 0 Å². The lowest BCUT2D eigenvalue weighted by Crippen LogP contribution is -2.24. The van der Waals surface area contributed by atoms with E-state index in [9.17, 15) is 4.39 Å². The summed E-state index contributed by atoms with van der Waals surface area (Å²) in [6.07, 6.45) is 1.02. The maximum atomic E-state index is 13.5. The molecule has 112 valence electrons. The van der Waals surface area contributed by atoms with Crippen LogP contribution in [0.4, 0.5) is 10.1 Å². The lowest BCUT2D eigenvalue weighted by molar-refractivity contribution is 0.257. The average Bonchev–Trinajstić information content (AvgIpc) is 2.44. The third kappa shape index (κ3) is 4.45. The van der Waals surface area contributed by atoms with Crippen LogP contribution < -0.4 is 5.73 Å². The fraction of sp³-hybridized carbons (Fsp3) is 0.294. The van der Waals surface area contributed by atoms with Gasteiger partial charge in [-0.1, -0.05) is 42.8 Å². The monoisotopic (exact) mass is 306 g/mol. The molecule has 21 heavy (non-hydrogen) atoms. The minimum absolute atomic E-state index is 0.214. The maximum absolute atomic E-state index is 13.5. The number of nitrogens with two attached hydrogens (primary N) is 1. The number of hydrogen-bond donors (Lipinski definition) is 1. The van der Waals surface area contributed by atoms with Gasteiger partial charge in [0, 0.05) is 18.8 Å². The van der Waals surface area contributed by atoms with E-state index in [1.54, 1.807) is 6.07 Å². The Morgan fingerprint density at radius 1 is 1.14 bits per heavy atom. The van der Waals surface area contributed by atoms with Gasteiger partial charge in [0.2, 0.25) is 0 Å². The van der Waals surface area contributed by atoms with Crippen molar-refractivity contribution in [2.75, 3.05) is 12.3 Å². The van der Waals surface area contributed by atoms with Gasteiger partial charge in [-0.2, -0.15) is 0 Å². The third-order valence-corrected chi connectivity index (χ3v) is 3.75. The molecule has 0 aliphatic heterocycles. The quantitative estimate of drug-likeness (QED) is 0.798. The Labute approximate surface area is 130 Å². The molecule has 0 aliphatic rings. The van der Waals surface area contributed by atoms with E-state index in [2.05, 4.69) is 11.8 Å². The average molecular weight is 307 g/mol. The first-order valence-corrected chi connectivity index (χ1v) is 7.47. The van der Waals surface area contributed by atoms with Crippen molar-refractivity contribution < 1.29 is 4.39 Å². The Morgan fingerprint density at radius 3 is 2.62 bits per heavy atom. The van der Waals surface area contributed by atoms with E-state index in [1.807, 2.05) is 30.3 Å². The van der Waals surface area contributed by atoms with E-state index in [-0.39, 0.29) is 10.8 Å². The van der Waals surface area contributed by atoms with Crippen LogP contribution in [0.2, 0.25) is 5.02 Å². The van der Waals surface area contributed by atoms with Crippen LogP contribution in [-0.4, -0.2) is 11.4 Å². The van der Waals surface area contributed by atoms with Gasteiger partial charge in [0.05, 0.1) is 5.02 Å². The zero-order chi connectivity index (χ0) is 15.2. The standard InChI is InChI=1S/C17H20ClFN2/c1-2-9-21(11-13-5-3-7-15(20)10-13)12-14-6-4-8-16(19)17(14)18/h3-8,10H,2,9,11-12,20H2,1H3. The second-order valence-corrected chi connectivity index (χ2v) is 5.55. The number of nitrogens with zero attached hydrogens (tertiary/aromatic N) is 1. The molecule has 2 nitrogen and oxygen atoms in total. The fourth-order valence-corrected chi connectivity index (χ4v) is 2.58. The summed E-state index contributed by atoms with van der Waals surface area (Å²) in [5.41, 5.74) is 8.54. The van der Waals surface area contributed by atoms with Crippen molar-refractivity contribution in [1.29, 1.82) is 0 Å². The SMILES string of the molecule is CCCN(Cc1cccc(N)c1)Cc1cccc(F)c1Cl. The number of benzene rings is 2. The van der Waals surface area contributed by atoms with Crippen molar-refractivity contribution in [1.82, 2.24) is 4.90 Å². The van der Waals surface area contributed by atoms with Crippen LogP contribution in [0.1, 0.15) is 24.5 Å². The number of halogens is 2. The fourth-order valence-electron chi connectivity index (χ4n) is 2.39. The first kappa shape index (κ1) is 15.8. The van der Waals surface area contributed by atoms with Crippen molar-refractivity contribution >= 4 is 17.3 Å². The molecule has 4 heteroatoms. The third-order valence-electron chi connectivity index (χ3n) is 3.32. The second kappa shape index (κ2) is 7.43. The maximum Gasteiger partial charge on any atom is 0.142 e. The van der Waals surface area contributed by atoms with Gasteiger partial charge < -0.3 is 5.73 Å². The van der Waals surface area contributed by atoms with Gasteiger partial charge >= 0.3 is 0 Å². The van der Waals surface area contributed by atoms with Gasteiger partial charge in [0.25, 0.3) is 0 Å². The Morgan fingerprint density at radius 2 is 1.90 bits per heavy atom. The van der Waals surface area contributed by atoms with Crippen LogP contribution in [0.25, 0.3) is 0 Å². The number of nitrogen functional groups attached to an aromatic ring is 1. The Bertz CT molecular complexity index is 601. The molecule has 2 aromatic carbocycles. The molecule has 0 saturated heterocycles. The van der Waals surface area contributed by atoms with E-state index in [0.717, 1.165) is 36.3 Å². The summed E-state index contributed by atoms with van der Waals surface area (Å²) in [5, 5.41) is 0.214. The lowest BCUT2D eigenvalue weighted by atomic mass is 10.1. The first-order chi connectivity index (χ1) is 10.1. The summed E-state index contributed by atoms with van der Waals surface area (Å²) in [6, 6.07) is 12.8. The molecule has 0 bridgehead atoms. The summed E-state index contributed by atoms with van der Waals surface area (Å²) in [6.45, 7) is 4.44. The highest BCUT2D eigenvalue weighted by Gasteiger charge is 2.11. The summed E-state index contributed by atoms with van der Waals surface area (Å²) in [4.78, 5) is 2.25. The van der Waals surface area contributed by atoms with E-state index in [1.165, 1.54) is 6.07 Å². The Kier molecular flexibility index (Phi) is 5.59. The second-order valence-electron chi connectivity index (χ2n) is 5.17. The molecule has 0 radical (unpaired) electrons. The van der Waals surface area contributed by atoms with Crippen LogP contribution in [0.3, 0.4) is 0 Å². The number of hydrogen-bond acceptors (Lipinski definition) is 2. The van der Waals surface area contributed by atoms with Crippen LogP contribution in [0, 0.1) is 5.82 Å². The molecule has 0 atom stereocenters. The Balaban J connectivity index is 2.13.